The van der Waals surface area contributed by atoms with E-state index in [-0.39, 0.29) is 4.87 Å². The predicted molar refractivity (Wildman–Crippen MR) is 59.0 cm³/mol. The lowest BCUT2D eigenvalue weighted by atomic mass is 10.4. The van der Waals surface area contributed by atoms with Gasteiger partial charge in [0.15, 0.2) is 0 Å². The lowest BCUT2D eigenvalue weighted by Gasteiger charge is -2.01. The topological polar surface area (TPSA) is 70.7 Å². The van der Waals surface area contributed by atoms with E-state index in [2.05, 4.69) is 20.3 Å². The Kier molecular flexibility index (Phi) is 2.77. The number of thiazole rings is 1. The van der Waals surface area contributed by atoms with Crippen LogP contribution >= 0.6 is 11.3 Å². The van der Waals surface area contributed by atoms with Crippen LogP contribution < -0.4 is 10.2 Å². The van der Waals surface area contributed by atoms with Crippen LogP contribution in [0.5, 0.6) is 0 Å². The van der Waals surface area contributed by atoms with Crippen LogP contribution in [0.1, 0.15) is 11.3 Å². The molecule has 2 N–H and O–H groups in total. The molecule has 6 heteroatoms. The monoisotopic (exact) mass is 222 g/mol. The third-order valence-electron chi connectivity index (χ3n) is 1.79. The van der Waals surface area contributed by atoms with Gasteiger partial charge < -0.3 is 10.3 Å². The van der Waals surface area contributed by atoms with Gasteiger partial charge in [0, 0.05) is 23.5 Å². The molecule has 0 aliphatic heterocycles. The summed E-state index contributed by atoms with van der Waals surface area (Å²) in [7, 11) is 0. The molecule has 0 aliphatic rings. The van der Waals surface area contributed by atoms with Crippen LogP contribution in [0.2, 0.25) is 0 Å². The Labute approximate surface area is 90.2 Å². The Morgan fingerprint density at radius 3 is 2.80 bits per heavy atom. The van der Waals surface area contributed by atoms with E-state index in [1.807, 2.05) is 6.92 Å². The second kappa shape index (κ2) is 4.22. The van der Waals surface area contributed by atoms with E-state index in [4.69, 9.17) is 0 Å². The van der Waals surface area contributed by atoms with Crippen molar-refractivity contribution in [3.05, 3.63) is 38.7 Å². The van der Waals surface area contributed by atoms with Gasteiger partial charge >= 0.3 is 4.87 Å². The molecule has 0 fully saturated rings. The first-order valence-corrected chi connectivity index (χ1v) is 5.31. The Morgan fingerprint density at radius 1 is 1.47 bits per heavy atom. The molecule has 2 heterocycles. The number of nitrogens with zero attached hydrogens (tertiary/aromatic N) is 2. The average Bonchev–Trinajstić information content (AvgIpc) is 2.64. The van der Waals surface area contributed by atoms with Gasteiger partial charge in [-0.3, -0.25) is 4.79 Å². The molecule has 0 saturated heterocycles. The van der Waals surface area contributed by atoms with E-state index in [1.165, 1.54) is 0 Å². The highest BCUT2D eigenvalue weighted by Gasteiger charge is 1.98. The standard InChI is InChI=1S/C9H10N4OS/c1-6-2-10-8(11-3-6)12-4-7-5-15-9(14)13-7/h2-3,5H,4H2,1H3,(H,13,14)(H,10,11,12). The van der Waals surface area contributed by atoms with Crippen LogP contribution in [0.3, 0.4) is 0 Å². The SMILES string of the molecule is Cc1cnc(NCc2csc(=O)[nH]2)nc1. The second-order valence-corrected chi connectivity index (χ2v) is 3.95. The van der Waals surface area contributed by atoms with E-state index in [0.717, 1.165) is 22.6 Å². The predicted octanol–water partition coefficient (Wildman–Crippen LogP) is 1.15. The van der Waals surface area contributed by atoms with Crippen LogP contribution in [0.4, 0.5) is 5.95 Å². The van der Waals surface area contributed by atoms with Crippen molar-refractivity contribution in [1.29, 1.82) is 0 Å². The molecule has 0 aliphatic carbocycles. The van der Waals surface area contributed by atoms with E-state index >= 15 is 0 Å². The zero-order chi connectivity index (χ0) is 10.7. The normalized spacial score (nSPS) is 10.2. The van der Waals surface area contributed by atoms with Crippen molar-refractivity contribution >= 4 is 17.3 Å². The summed E-state index contributed by atoms with van der Waals surface area (Å²) in [5.41, 5.74) is 1.86. The van der Waals surface area contributed by atoms with E-state index in [1.54, 1.807) is 17.8 Å². The van der Waals surface area contributed by atoms with Gasteiger partial charge in [-0.2, -0.15) is 0 Å². The molecule has 0 aromatic carbocycles. The van der Waals surface area contributed by atoms with Gasteiger partial charge in [0.25, 0.3) is 0 Å². The molecule has 0 radical (unpaired) electrons. The summed E-state index contributed by atoms with van der Waals surface area (Å²) in [6.45, 7) is 2.46. The van der Waals surface area contributed by atoms with Crippen LogP contribution in [0.25, 0.3) is 0 Å². The van der Waals surface area contributed by atoms with Crippen LogP contribution in [0, 0.1) is 6.92 Å². The molecule has 5 nitrogen and oxygen atoms in total. The lowest BCUT2D eigenvalue weighted by Crippen LogP contribution is -2.05. The fraction of sp³-hybridized carbons (Fsp3) is 0.222. The maximum Gasteiger partial charge on any atom is 0.304 e. The minimum atomic E-state index is -0.0448. The smallest absolute Gasteiger partial charge is 0.304 e. The molecule has 78 valence electrons. The molecule has 0 bridgehead atoms. The first-order valence-electron chi connectivity index (χ1n) is 4.43. The number of H-pyrrole nitrogens is 1. The summed E-state index contributed by atoms with van der Waals surface area (Å²) in [6, 6.07) is 0. The molecular weight excluding hydrogens is 212 g/mol. The van der Waals surface area contributed by atoms with Gasteiger partial charge in [-0.1, -0.05) is 11.3 Å². The maximum absolute atomic E-state index is 10.9. The van der Waals surface area contributed by atoms with Crippen LogP contribution in [-0.4, -0.2) is 15.0 Å². The molecule has 0 saturated carbocycles. The molecule has 0 amide bonds. The number of rotatable bonds is 3. The Hall–Kier alpha value is -1.69. The third-order valence-corrected chi connectivity index (χ3v) is 2.51. The molecule has 2 aromatic heterocycles. The van der Waals surface area contributed by atoms with E-state index in [0.29, 0.717) is 12.5 Å². The molecular formula is C9H10N4OS. The number of anilines is 1. The largest absolute Gasteiger partial charge is 0.349 e. The number of aryl methyl sites for hydroxylation is 1. The summed E-state index contributed by atoms with van der Waals surface area (Å²) in [4.78, 5) is 21.7. The van der Waals surface area contributed by atoms with Gasteiger partial charge in [-0.05, 0) is 12.5 Å². The average molecular weight is 222 g/mol. The highest BCUT2D eigenvalue weighted by molar-refractivity contribution is 7.07. The Morgan fingerprint density at radius 2 is 2.20 bits per heavy atom. The molecule has 2 aromatic rings. The van der Waals surface area contributed by atoms with Crippen LogP contribution in [0.15, 0.2) is 22.6 Å². The number of hydrogen-bond donors (Lipinski definition) is 2. The van der Waals surface area contributed by atoms with Crippen molar-refractivity contribution in [2.24, 2.45) is 0 Å². The number of aromatic amines is 1. The molecule has 15 heavy (non-hydrogen) atoms. The minimum Gasteiger partial charge on any atom is -0.349 e. The van der Waals surface area contributed by atoms with E-state index in [9.17, 15) is 4.79 Å². The summed E-state index contributed by atoms with van der Waals surface area (Å²) in [5.74, 6) is 0.563. The van der Waals surface area contributed by atoms with Gasteiger partial charge in [-0.15, -0.1) is 0 Å². The van der Waals surface area contributed by atoms with Gasteiger partial charge in [0.05, 0.1) is 6.54 Å². The summed E-state index contributed by atoms with van der Waals surface area (Å²) < 4.78 is 0. The van der Waals surface area contributed by atoms with Crippen molar-refractivity contribution in [3.63, 3.8) is 0 Å². The quantitative estimate of drug-likeness (QED) is 0.817. The highest BCUT2D eigenvalue weighted by Crippen LogP contribution is 2.02. The van der Waals surface area contributed by atoms with E-state index < -0.39 is 0 Å². The third kappa shape index (κ3) is 2.63. The first kappa shape index (κ1) is 9.85. The maximum atomic E-state index is 10.9. The minimum absolute atomic E-state index is 0.0448. The van der Waals surface area contributed by atoms with Crippen LogP contribution in [-0.2, 0) is 6.54 Å². The zero-order valence-corrected chi connectivity index (χ0v) is 8.97. The number of hydrogen-bond acceptors (Lipinski definition) is 5. The van der Waals surface area contributed by atoms with Crippen molar-refractivity contribution in [3.8, 4) is 0 Å². The summed E-state index contributed by atoms with van der Waals surface area (Å²) in [5, 5.41) is 4.80. The highest BCUT2D eigenvalue weighted by atomic mass is 32.1. The molecule has 0 atom stereocenters. The van der Waals surface area contributed by atoms with Gasteiger partial charge in [-0.25, -0.2) is 9.97 Å². The van der Waals surface area contributed by atoms with Crippen molar-refractivity contribution in [2.45, 2.75) is 13.5 Å². The molecule has 2 rings (SSSR count). The number of nitrogens with one attached hydrogen (secondary N) is 2. The summed E-state index contributed by atoms with van der Waals surface area (Å²) in [6.07, 6.45) is 3.48. The fourth-order valence-corrected chi connectivity index (χ4v) is 1.64. The first-order chi connectivity index (χ1) is 7.24. The fourth-order valence-electron chi connectivity index (χ4n) is 1.06. The van der Waals surface area contributed by atoms with Crippen molar-refractivity contribution < 1.29 is 0 Å². The Bertz CT molecular complexity index is 487. The lowest BCUT2D eigenvalue weighted by molar-refractivity contribution is 1.00. The Balaban J connectivity index is 1.99. The number of aromatic nitrogens is 3. The zero-order valence-electron chi connectivity index (χ0n) is 8.15. The van der Waals surface area contributed by atoms with Crippen molar-refractivity contribution in [1.82, 2.24) is 15.0 Å². The van der Waals surface area contributed by atoms with Crippen molar-refractivity contribution in [2.75, 3.05) is 5.32 Å². The van der Waals surface area contributed by atoms with Gasteiger partial charge in [0.1, 0.15) is 0 Å². The summed E-state index contributed by atoms with van der Waals surface area (Å²) >= 11 is 1.15. The molecule has 0 spiro atoms. The molecule has 0 unspecified atom stereocenters. The second-order valence-electron chi connectivity index (χ2n) is 3.11. The van der Waals surface area contributed by atoms with Gasteiger partial charge in [0.2, 0.25) is 5.95 Å².